The molecule has 0 spiro atoms. The van der Waals surface area contributed by atoms with Gasteiger partial charge in [-0.25, -0.2) is 4.68 Å². The number of hydrogen-bond donors (Lipinski definition) is 2. The molecule has 0 aliphatic carbocycles. The summed E-state index contributed by atoms with van der Waals surface area (Å²) in [5, 5.41) is 11.3. The van der Waals surface area contributed by atoms with E-state index in [0.717, 1.165) is 12.1 Å². The Morgan fingerprint density at radius 1 is 0.953 bits per heavy atom. The number of hydrogen-bond acceptors (Lipinski definition) is 9. The van der Waals surface area contributed by atoms with E-state index in [4.69, 9.17) is 39.5 Å². The van der Waals surface area contributed by atoms with Crippen molar-refractivity contribution in [3.8, 4) is 5.88 Å². The topological polar surface area (TPSA) is 124 Å². The van der Waals surface area contributed by atoms with Gasteiger partial charge in [-0.05, 0) is 70.8 Å². The third kappa shape index (κ3) is 8.89. The van der Waals surface area contributed by atoms with Crippen LogP contribution in [0.5, 0.6) is 5.88 Å². The van der Waals surface area contributed by atoms with Crippen LogP contribution in [0.2, 0.25) is 15.3 Å². The number of anilines is 2. The molecule has 0 fully saturated rings. The molecule has 0 amide bonds. The zero-order valence-electron chi connectivity index (χ0n) is 25.1. The smallest absolute Gasteiger partial charge is 0.228 e. The summed E-state index contributed by atoms with van der Waals surface area (Å²) in [5.41, 5.74) is 3.29. The summed E-state index contributed by atoms with van der Waals surface area (Å²) in [4.78, 5) is 37.7. The molecule has 13 heteroatoms. The van der Waals surface area contributed by atoms with E-state index in [9.17, 15) is 9.59 Å². The summed E-state index contributed by atoms with van der Waals surface area (Å²) in [5.74, 6) is 0.684. The highest BCUT2D eigenvalue weighted by molar-refractivity contribution is 6.39. The first-order valence-electron chi connectivity index (χ1n) is 13.5. The fourth-order valence-corrected chi connectivity index (χ4v) is 4.52. The number of nitrogens with one attached hydrogen (secondary N) is 2. The number of aromatic nitrogens is 5. The lowest BCUT2D eigenvalue weighted by Crippen LogP contribution is -2.15. The van der Waals surface area contributed by atoms with Crippen molar-refractivity contribution in [1.29, 1.82) is 0 Å². The van der Waals surface area contributed by atoms with E-state index in [1.165, 1.54) is 4.68 Å². The SMILES string of the molecule is CCNc1nc(Cl)nc(NC(C)C)n1.Cc1ccc(C(=O)COc2c(C(=O)c3ccc(Cl)c(C)c3Cl)c(C)nn2C)cc1. The molecule has 0 saturated heterocycles. The van der Waals surface area contributed by atoms with Crippen molar-refractivity contribution in [1.82, 2.24) is 24.7 Å². The zero-order chi connectivity index (χ0) is 31.8. The van der Waals surface area contributed by atoms with Crippen LogP contribution in [-0.4, -0.2) is 55.5 Å². The van der Waals surface area contributed by atoms with Gasteiger partial charge < -0.3 is 15.4 Å². The lowest BCUT2D eigenvalue weighted by Gasteiger charge is -2.11. The molecular formula is C30H34Cl3N7O3. The number of benzene rings is 2. The Bertz CT molecular complexity index is 1610. The van der Waals surface area contributed by atoms with Gasteiger partial charge in [0.1, 0.15) is 5.56 Å². The van der Waals surface area contributed by atoms with Crippen LogP contribution in [0.4, 0.5) is 11.9 Å². The quantitative estimate of drug-likeness (QED) is 0.177. The Morgan fingerprint density at radius 3 is 2.23 bits per heavy atom. The molecule has 0 aliphatic rings. The molecule has 2 aromatic carbocycles. The summed E-state index contributed by atoms with van der Waals surface area (Å²) in [6.45, 7) is 11.9. The number of Topliss-reactive ketones (excluding diaryl/α,β-unsaturated/α-hetero) is 1. The molecule has 43 heavy (non-hydrogen) atoms. The summed E-state index contributed by atoms with van der Waals surface area (Å²) >= 11 is 18.2. The van der Waals surface area contributed by atoms with E-state index in [2.05, 4.69) is 30.7 Å². The van der Waals surface area contributed by atoms with Crippen molar-refractivity contribution in [3.05, 3.63) is 85.2 Å². The van der Waals surface area contributed by atoms with Crippen LogP contribution >= 0.6 is 34.8 Å². The molecule has 0 aliphatic heterocycles. The molecule has 0 bridgehead atoms. The first kappa shape index (κ1) is 33.8. The van der Waals surface area contributed by atoms with Gasteiger partial charge in [0.25, 0.3) is 0 Å². The number of nitrogens with zero attached hydrogens (tertiary/aromatic N) is 5. The second kappa shape index (κ2) is 15.1. The van der Waals surface area contributed by atoms with Crippen LogP contribution in [0.1, 0.15) is 63.9 Å². The summed E-state index contributed by atoms with van der Waals surface area (Å²) < 4.78 is 7.18. The fourth-order valence-electron chi connectivity index (χ4n) is 3.90. The molecule has 0 unspecified atom stereocenters. The number of carbonyl (C=O) groups excluding carboxylic acids is 2. The van der Waals surface area contributed by atoms with E-state index in [1.807, 2.05) is 39.8 Å². The molecule has 0 atom stereocenters. The highest BCUT2D eigenvalue weighted by Crippen LogP contribution is 2.32. The molecule has 2 N–H and O–H groups in total. The van der Waals surface area contributed by atoms with Gasteiger partial charge in [0, 0.05) is 35.8 Å². The van der Waals surface area contributed by atoms with Crippen molar-refractivity contribution >= 4 is 58.3 Å². The van der Waals surface area contributed by atoms with E-state index >= 15 is 0 Å². The number of rotatable bonds is 10. The molecule has 2 heterocycles. The van der Waals surface area contributed by atoms with Crippen molar-refractivity contribution in [2.75, 3.05) is 23.8 Å². The second-order valence-corrected chi connectivity index (χ2v) is 11.0. The van der Waals surface area contributed by atoms with Crippen LogP contribution in [0.25, 0.3) is 0 Å². The number of halogens is 3. The number of ketones is 2. The molecule has 4 aromatic rings. The highest BCUT2D eigenvalue weighted by Gasteiger charge is 2.26. The lowest BCUT2D eigenvalue weighted by atomic mass is 10.0. The van der Waals surface area contributed by atoms with Crippen molar-refractivity contribution in [3.63, 3.8) is 0 Å². The van der Waals surface area contributed by atoms with Crippen LogP contribution in [0, 0.1) is 20.8 Å². The summed E-state index contributed by atoms with van der Waals surface area (Å²) in [6.07, 6.45) is 0. The van der Waals surface area contributed by atoms with Gasteiger partial charge in [0.2, 0.25) is 28.8 Å². The Balaban J connectivity index is 0.000000303. The molecule has 2 aromatic heterocycles. The van der Waals surface area contributed by atoms with E-state index in [1.54, 1.807) is 45.2 Å². The van der Waals surface area contributed by atoms with Gasteiger partial charge in [-0.3, -0.25) is 9.59 Å². The van der Waals surface area contributed by atoms with Gasteiger partial charge in [0.05, 0.1) is 10.7 Å². The summed E-state index contributed by atoms with van der Waals surface area (Å²) in [6, 6.07) is 10.7. The van der Waals surface area contributed by atoms with Crippen molar-refractivity contribution in [2.24, 2.45) is 7.05 Å². The molecule has 4 rings (SSSR count). The van der Waals surface area contributed by atoms with E-state index < -0.39 is 0 Å². The normalized spacial score (nSPS) is 10.7. The van der Waals surface area contributed by atoms with E-state index in [-0.39, 0.29) is 46.0 Å². The standard InChI is InChI=1S/C22H20Cl2N2O3.C8H14ClN5/c1-12-5-7-15(8-6-12)18(27)11-29-22-19(14(3)25-26(22)4)21(28)16-9-10-17(23)13(2)20(16)24;1-4-10-7-12-6(9)13-8(14-7)11-5(2)3/h5-10H,11H2,1-4H3;5H,4H2,1-3H3,(H2,10,11,12,13,14). The third-order valence-corrected chi connectivity index (χ3v) is 7.10. The number of carbonyl (C=O) groups is 2. The average Bonchev–Trinajstić information content (AvgIpc) is 3.22. The van der Waals surface area contributed by atoms with Gasteiger partial charge in [0.15, 0.2) is 12.4 Å². The largest absolute Gasteiger partial charge is 0.469 e. The summed E-state index contributed by atoms with van der Waals surface area (Å²) in [7, 11) is 1.66. The minimum Gasteiger partial charge on any atom is -0.469 e. The fraction of sp³-hybridized carbons (Fsp3) is 0.333. The maximum Gasteiger partial charge on any atom is 0.228 e. The van der Waals surface area contributed by atoms with Gasteiger partial charge in [-0.15, -0.1) is 0 Å². The van der Waals surface area contributed by atoms with Gasteiger partial charge in [-0.1, -0.05) is 53.0 Å². The second-order valence-electron chi connectivity index (χ2n) is 9.91. The minimum absolute atomic E-state index is 0.192. The first-order chi connectivity index (χ1) is 20.3. The number of ether oxygens (including phenoxy) is 1. The predicted octanol–water partition coefficient (Wildman–Crippen LogP) is 6.92. The van der Waals surface area contributed by atoms with Crippen molar-refractivity contribution in [2.45, 2.75) is 47.6 Å². The monoisotopic (exact) mass is 645 g/mol. The van der Waals surface area contributed by atoms with Gasteiger partial charge in [-0.2, -0.15) is 20.1 Å². The molecule has 228 valence electrons. The molecule has 0 saturated carbocycles. The predicted molar refractivity (Wildman–Crippen MR) is 171 cm³/mol. The molecular weight excluding hydrogens is 613 g/mol. The molecule has 0 radical (unpaired) electrons. The van der Waals surface area contributed by atoms with Crippen LogP contribution in [0.15, 0.2) is 36.4 Å². The molecule has 10 nitrogen and oxygen atoms in total. The zero-order valence-corrected chi connectivity index (χ0v) is 27.3. The van der Waals surface area contributed by atoms with Crippen molar-refractivity contribution < 1.29 is 14.3 Å². The minimum atomic E-state index is -0.335. The van der Waals surface area contributed by atoms with Crippen LogP contribution in [-0.2, 0) is 7.05 Å². The maximum absolute atomic E-state index is 13.2. The Morgan fingerprint density at radius 2 is 1.60 bits per heavy atom. The maximum atomic E-state index is 13.2. The Labute approximate surface area is 266 Å². The van der Waals surface area contributed by atoms with Gasteiger partial charge >= 0.3 is 0 Å². The number of aryl methyl sites for hydroxylation is 3. The van der Waals surface area contributed by atoms with Crippen LogP contribution in [0.3, 0.4) is 0 Å². The van der Waals surface area contributed by atoms with E-state index in [0.29, 0.717) is 39.3 Å². The average molecular weight is 647 g/mol. The highest BCUT2D eigenvalue weighted by atomic mass is 35.5. The Hall–Kier alpha value is -3.73. The lowest BCUT2D eigenvalue weighted by molar-refractivity contribution is 0.0908. The first-order valence-corrected chi connectivity index (χ1v) is 14.6. The Kier molecular flexibility index (Phi) is 11.9. The third-order valence-electron chi connectivity index (χ3n) is 6.04. The van der Waals surface area contributed by atoms with Crippen LogP contribution < -0.4 is 15.4 Å².